The fourth-order valence-corrected chi connectivity index (χ4v) is 0.848. The molecule has 0 atom stereocenters. The summed E-state index contributed by atoms with van der Waals surface area (Å²) < 4.78 is 40.4. The lowest BCUT2D eigenvalue weighted by Gasteiger charge is -2.08. The van der Waals surface area contributed by atoms with Crippen LogP contribution in [0, 0.1) is 0 Å². The molecule has 0 aromatic heterocycles. The predicted octanol–water partition coefficient (Wildman–Crippen LogP) is 1.02. The lowest BCUT2D eigenvalue weighted by molar-refractivity contribution is -0.137. The predicted molar refractivity (Wildman–Crippen MR) is 46.3 cm³/mol. The third-order valence-electron chi connectivity index (χ3n) is 1.49. The van der Waals surface area contributed by atoms with Crippen molar-refractivity contribution >= 4 is 13.0 Å². The van der Waals surface area contributed by atoms with Crippen LogP contribution < -0.4 is 5.48 Å². The molecule has 0 aliphatic carbocycles. The quantitative estimate of drug-likeness (QED) is 0.526. The maximum absolute atomic E-state index is 12.1. The number of alkyl halides is 3. The van der Waals surface area contributed by atoms with E-state index in [0.29, 0.717) is 0 Å². The SMILES string of the molecule is OB(O)ONc1ccc(C(F)(F)F)cc1. The van der Waals surface area contributed by atoms with Gasteiger partial charge in [0, 0.05) is 0 Å². The molecule has 0 unspecified atom stereocenters. The largest absolute Gasteiger partial charge is 0.656 e. The zero-order chi connectivity index (χ0) is 11.5. The van der Waals surface area contributed by atoms with Gasteiger partial charge in [0.1, 0.15) is 0 Å². The Morgan fingerprint density at radius 2 is 1.67 bits per heavy atom. The maximum atomic E-state index is 12.1. The number of hydrogen-bond acceptors (Lipinski definition) is 4. The van der Waals surface area contributed by atoms with Crippen molar-refractivity contribution in [1.82, 2.24) is 0 Å². The molecule has 0 bridgehead atoms. The molecule has 0 fully saturated rings. The molecule has 1 rings (SSSR count). The van der Waals surface area contributed by atoms with Crippen molar-refractivity contribution in [2.45, 2.75) is 6.18 Å². The highest BCUT2D eigenvalue weighted by Crippen LogP contribution is 2.29. The van der Waals surface area contributed by atoms with Crippen LogP contribution in [0.3, 0.4) is 0 Å². The molecule has 0 saturated heterocycles. The van der Waals surface area contributed by atoms with E-state index in [2.05, 4.69) is 10.2 Å². The van der Waals surface area contributed by atoms with Crippen molar-refractivity contribution in [1.29, 1.82) is 0 Å². The number of anilines is 1. The van der Waals surface area contributed by atoms with Gasteiger partial charge in [-0.3, -0.25) is 10.2 Å². The van der Waals surface area contributed by atoms with Gasteiger partial charge in [0.2, 0.25) is 0 Å². The molecular formula is C7H7BF3NO3. The maximum Gasteiger partial charge on any atom is 0.656 e. The number of hydrogen-bond donors (Lipinski definition) is 3. The fourth-order valence-electron chi connectivity index (χ4n) is 0.848. The van der Waals surface area contributed by atoms with Crippen LogP contribution in [-0.2, 0) is 10.9 Å². The van der Waals surface area contributed by atoms with Crippen LogP contribution in [-0.4, -0.2) is 17.4 Å². The lowest BCUT2D eigenvalue weighted by Crippen LogP contribution is -2.20. The average molecular weight is 221 g/mol. The Balaban J connectivity index is 2.65. The second-order valence-corrected chi connectivity index (χ2v) is 2.62. The zero-order valence-electron chi connectivity index (χ0n) is 7.32. The molecule has 3 N–H and O–H groups in total. The van der Waals surface area contributed by atoms with Crippen molar-refractivity contribution in [3.63, 3.8) is 0 Å². The highest BCUT2D eigenvalue weighted by atomic mass is 19.4. The molecule has 0 radical (unpaired) electrons. The Kier molecular flexibility index (Phi) is 3.56. The summed E-state index contributed by atoms with van der Waals surface area (Å²) >= 11 is 0. The molecule has 0 heterocycles. The summed E-state index contributed by atoms with van der Waals surface area (Å²) in [5, 5.41) is 16.6. The first-order chi connectivity index (χ1) is 6.89. The molecule has 82 valence electrons. The first-order valence-corrected chi connectivity index (χ1v) is 3.84. The van der Waals surface area contributed by atoms with E-state index in [4.69, 9.17) is 10.0 Å². The Bertz CT molecular complexity index is 314. The summed E-state index contributed by atoms with van der Waals surface area (Å²) in [6, 6.07) is 3.89. The standard InChI is InChI=1S/C7H7BF3NO3/c9-7(10,11)5-1-3-6(4-2-5)12-15-8(13)14/h1-4,12-14H. The van der Waals surface area contributed by atoms with Crippen molar-refractivity contribution in [2.24, 2.45) is 0 Å². The number of nitrogens with one attached hydrogen (secondary N) is 1. The van der Waals surface area contributed by atoms with Gasteiger partial charge in [-0.15, -0.1) is 0 Å². The first kappa shape index (κ1) is 11.8. The van der Waals surface area contributed by atoms with E-state index in [0.717, 1.165) is 24.3 Å². The lowest BCUT2D eigenvalue weighted by atomic mass is 10.2. The minimum Gasteiger partial charge on any atom is -0.400 e. The van der Waals surface area contributed by atoms with Crippen LogP contribution in [0.4, 0.5) is 18.9 Å². The van der Waals surface area contributed by atoms with Gasteiger partial charge in [-0.25, -0.2) is 0 Å². The zero-order valence-corrected chi connectivity index (χ0v) is 7.32. The van der Waals surface area contributed by atoms with Crippen molar-refractivity contribution in [3.05, 3.63) is 29.8 Å². The number of benzene rings is 1. The van der Waals surface area contributed by atoms with Crippen LogP contribution in [0.25, 0.3) is 0 Å². The van der Waals surface area contributed by atoms with Gasteiger partial charge in [-0.05, 0) is 24.3 Å². The monoisotopic (exact) mass is 221 g/mol. The molecule has 0 amide bonds. The molecule has 0 aliphatic rings. The molecule has 0 spiro atoms. The van der Waals surface area contributed by atoms with Crippen LogP contribution >= 0.6 is 0 Å². The van der Waals surface area contributed by atoms with E-state index >= 15 is 0 Å². The Labute approximate surface area is 83.4 Å². The number of halogens is 3. The van der Waals surface area contributed by atoms with Gasteiger partial charge in [0.15, 0.2) is 0 Å². The molecular weight excluding hydrogens is 214 g/mol. The van der Waals surface area contributed by atoms with E-state index in [-0.39, 0.29) is 5.69 Å². The van der Waals surface area contributed by atoms with Crippen LogP contribution in [0.2, 0.25) is 0 Å². The van der Waals surface area contributed by atoms with Gasteiger partial charge < -0.3 is 10.0 Å². The minimum absolute atomic E-state index is 0.177. The summed E-state index contributed by atoms with van der Waals surface area (Å²) in [6.07, 6.45) is -4.39. The minimum atomic E-state index is -4.39. The Hall–Kier alpha value is -1.25. The van der Waals surface area contributed by atoms with E-state index in [1.807, 2.05) is 0 Å². The highest BCUT2D eigenvalue weighted by Gasteiger charge is 2.29. The first-order valence-electron chi connectivity index (χ1n) is 3.84. The van der Waals surface area contributed by atoms with Gasteiger partial charge in [-0.1, -0.05) is 0 Å². The summed E-state index contributed by atoms with van der Waals surface area (Å²) in [6.45, 7) is 0. The summed E-state index contributed by atoms with van der Waals surface area (Å²) in [4.78, 5) is 0. The van der Waals surface area contributed by atoms with Crippen molar-refractivity contribution in [2.75, 3.05) is 5.48 Å². The molecule has 4 nitrogen and oxygen atoms in total. The van der Waals surface area contributed by atoms with Crippen molar-refractivity contribution in [3.8, 4) is 0 Å². The van der Waals surface area contributed by atoms with E-state index < -0.39 is 19.1 Å². The average Bonchev–Trinajstić information content (AvgIpc) is 2.14. The molecule has 0 saturated carbocycles. The fraction of sp³-hybridized carbons (Fsp3) is 0.143. The van der Waals surface area contributed by atoms with Crippen molar-refractivity contribution < 1.29 is 28.0 Å². The normalized spacial score (nSPS) is 11.3. The summed E-state index contributed by atoms with van der Waals surface area (Å²) in [5.74, 6) is 0. The van der Waals surface area contributed by atoms with E-state index in [1.165, 1.54) is 0 Å². The molecule has 0 aliphatic heterocycles. The van der Waals surface area contributed by atoms with Crippen LogP contribution in [0.15, 0.2) is 24.3 Å². The third kappa shape index (κ3) is 3.78. The second-order valence-electron chi connectivity index (χ2n) is 2.62. The molecule has 15 heavy (non-hydrogen) atoms. The molecule has 8 heteroatoms. The van der Waals surface area contributed by atoms with Crippen LogP contribution in [0.5, 0.6) is 0 Å². The van der Waals surface area contributed by atoms with Gasteiger partial charge in [-0.2, -0.15) is 13.2 Å². The second kappa shape index (κ2) is 4.52. The number of rotatable bonds is 3. The molecule has 1 aromatic carbocycles. The Morgan fingerprint density at radius 3 is 2.07 bits per heavy atom. The topological polar surface area (TPSA) is 61.7 Å². The van der Waals surface area contributed by atoms with E-state index in [1.54, 1.807) is 0 Å². The molecule has 1 aromatic rings. The van der Waals surface area contributed by atoms with Gasteiger partial charge >= 0.3 is 13.5 Å². The summed E-state index contributed by atoms with van der Waals surface area (Å²) in [7, 11) is -2.03. The van der Waals surface area contributed by atoms with Gasteiger partial charge in [0.05, 0.1) is 11.3 Å². The Morgan fingerprint density at radius 1 is 1.13 bits per heavy atom. The van der Waals surface area contributed by atoms with E-state index in [9.17, 15) is 13.2 Å². The smallest absolute Gasteiger partial charge is 0.400 e. The van der Waals surface area contributed by atoms with Crippen LogP contribution in [0.1, 0.15) is 5.56 Å². The summed E-state index contributed by atoms with van der Waals surface area (Å²) in [5.41, 5.74) is 1.44. The van der Waals surface area contributed by atoms with Gasteiger partial charge in [0.25, 0.3) is 0 Å². The highest BCUT2D eigenvalue weighted by molar-refractivity contribution is 6.32. The third-order valence-corrected chi connectivity index (χ3v) is 1.49.